The summed E-state index contributed by atoms with van der Waals surface area (Å²) in [5, 5.41) is 7.43. The number of para-hydroxylation sites is 1. The Balaban J connectivity index is 0.00000452. The standard InChI is InChI=1S/C59H65N3O16S.4CH4/c1-4-54(63)70-34-33-69-32-31-68-30-29-62(59-61-51-9-7-8-10-53(51)79-59)60-36-45-35-50(71-37-41-11-15-43(16-12-41)57(66)77-48-23-19-46(20-24-48)73-39-75-55(64)5-2)27-28-52(45)72-38-42-13-17-44(18-14-42)58(67)78-49-25-21-47(22-26-49)74-40-76-56(65)6-3;;;;/h4-10,19-28,35-36,41-44H,1-3,11-18,29-34,37-40H2;4*1H4/b60-36+;;;;. The van der Waals surface area contributed by atoms with Crippen LogP contribution in [0.4, 0.5) is 5.13 Å². The summed E-state index contributed by atoms with van der Waals surface area (Å²) in [6.45, 7) is 12.1. The van der Waals surface area contributed by atoms with Crippen LogP contribution in [0.3, 0.4) is 0 Å². The highest BCUT2D eigenvalue weighted by atomic mass is 32.1. The van der Waals surface area contributed by atoms with E-state index in [4.69, 9.17) is 62.2 Å². The highest BCUT2D eigenvalue weighted by molar-refractivity contribution is 7.22. The van der Waals surface area contributed by atoms with E-state index in [0.29, 0.717) is 110 Å². The van der Waals surface area contributed by atoms with Gasteiger partial charge in [0.25, 0.3) is 0 Å². The van der Waals surface area contributed by atoms with Crippen LogP contribution in [0, 0.1) is 23.7 Å². The SMILES string of the molecule is C.C.C.C.C=CC(=O)OCCOCCOCCN(/N=C/c1cc(OCC2CCC(C(=O)Oc3ccc(OCOC(=O)C=C)cc3)CC2)ccc1OCC1CCC(C(=O)Oc2ccc(OCOC(=O)C=C)cc2)CC1)c1nc2ccccc2s1. The molecule has 0 bridgehead atoms. The van der Waals surface area contributed by atoms with E-state index in [1.807, 2.05) is 42.5 Å². The molecule has 19 nitrogen and oxygen atoms in total. The lowest BCUT2D eigenvalue weighted by atomic mass is 9.82. The van der Waals surface area contributed by atoms with Gasteiger partial charge in [-0.25, -0.2) is 24.4 Å². The van der Waals surface area contributed by atoms with Gasteiger partial charge in [-0.3, -0.25) is 9.59 Å². The van der Waals surface area contributed by atoms with Gasteiger partial charge in [0.05, 0.1) is 74.5 Å². The van der Waals surface area contributed by atoms with Crippen LogP contribution in [0.2, 0.25) is 0 Å². The number of esters is 5. The van der Waals surface area contributed by atoms with E-state index >= 15 is 0 Å². The third-order valence-corrected chi connectivity index (χ3v) is 13.9. The smallest absolute Gasteiger partial charge is 0.333 e. The van der Waals surface area contributed by atoms with Crippen LogP contribution in [-0.2, 0) is 47.7 Å². The first-order valence-corrected chi connectivity index (χ1v) is 26.9. The van der Waals surface area contributed by atoms with Crippen molar-refractivity contribution in [3.8, 4) is 34.5 Å². The second kappa shape index (κ2) is 37.1. The maximum atomic E-state index is 13.2. The zero-order valence-corrected chi connectivity index (χ0v) is 44.7. The van der Waals surface area contributed by atoms with Crippen molar-refractivity contribution in [2.24, 2.45) is 28.8 Å². The maximum absolute atomic E-state index is 13.2. The Hall–Kier alpha value is -8.07. The number of fused-ring (bicyclic) bond motifs is 1. The Kier molecular flexibility index (Phi) is 30.9. The number of nitrogens with zero attached hydrogens (tertiary/aromatic N) is 3. The Morgan fingerprint density at radius 2 is 1.01 bits per heavy atom. The summed E-state index contributed by atoms with van der Waals surface area (Å²) in [5.41, 5.74) is 1.53. The molecule has 5 aromatic rings. The Bertz CT molecular complexity index is 2810. The molecular formula is C63H81N3O16S. The number of ether oxygens (including phenoxy) is 11. The second-order valence-electron chi connectivity index (χ2n) is 18.3. The van der Waals surface area contributed by atoms with Crippen molar-refractivity contribution < 1.29 is 76.1 Å². The number of anilines is 1. The molecule has 1 heterocycles. The van der Waals surface area contributed by atoms with E-state index in [1.165, 1.54) is 11.3 Å². The Labute approximate surface area is 492 Å². The van der Waals surface area contributed by atoms with Crippen LogP contribution < -0.4 is 33.4 Å². The minimum atomic E-state index is -0.595. The van der Waals surface area contributed by atoms with Gasteiger partial charge in [-0.1, -0.05) is 72.9 Å². The average molecular weight is 1170 g/mol. The first kappa shape index (κ1) is 69.2. The summed E-state index contributed by atoms with van der Waals surface area (Å²) in [6, 6.07) is 26.6. The molecule has 2 fully saturated rings. The van der Waals surface area contributed by atoms with Crippen molar-refractivity contribution >= 4 is 62.7 Å². The first-order chi connectivity index (χ1) is 38.5. The number of thiazole rings is 1. The van der Waals surface area contributed by atoms with E-state index in [2.05, 4.69) is 19.7 Å². The third kappa shape index (κ3) is 23.0. The molecular weight excluding hydrogens is 1090 g/mol. The predicted octanol–water partition coefficient (Wildman–Crippen LogP) is 12.2. The molecule has 0 atom stereocenters. The molecule has 0 spiro atoms. The third-order valence-electron chi connectivity index (χ3n) is 12.9. The summed E-state index contributed by atoms with van der Waals surface area (Å²) in [5.74, 6) is 0.531. The van der Waals surface area contributed by atoms with Crippen molar-refractivity contribution in [3.05, 3.63) is 135 Å². The molecule has 2 aliphatic carbocycles. The number of hydrazone groups is 1. The molecule has 0 aliphatic heterocycles. The zero-order valence-electron chi connectivity index (χ0n) is 43.9. The van der Waals surface area contributed by atoms with Crippen molar-refractivity contribution in [1.82, 2.24) is 4.98 Å². The number of carbonyl (C=O) groups is 5. The molecule has 0 saturated heterocycles. The molecule has 0 radical (unpaired) electrons. The van der Waals surface area contributed by atoms with Crippen LogP contribution >= 0.6 is 11.3 Å². The number of hydrogen-bond acceptors (Lipinski definition) is 20. The molecule has 20 heteroatoms. The Morgan fingerprint density at radius 3 is 1.54 bits per heavy atom. The van der Waals surface area contributed by atoms with Crippen molar-refractivity contribution in [1.29, 1.82) is 0 Å². The van der Waals surface area contributed by atoms with E-state index in [1.54, 1.807) is 59.8 Å². The predicted molar refractivity (Wildman–Crippen MR) is 320 cm³/mol. The second-order valence-corrected chi connectivity index (χ2v) is 19.3. The highest BCUT2D eigenvalue weighted by Gasteiger charge is 2.30. The van der Waals surface area contributed by atoms with Crippen LogP contribution in [0.1, 0.15) is 86.6 Å². The molecule has 4 aromatic carbocycles. The largest absolute Gasteiger partial charge is 0.493 e. The van der Waals surface area contributed by atoms with E-state index < -0.39 is 17.9 Å². The van der Waals surface area contributed by atoms with Crippen molar-refractivity contribution in [2.75, 3.05) is 71.4 Å². The number of rotatable bonds is 31. The number of benzene rings is 4. The number of aromatic nitrogens is 1. The van der Waals surface area contributed by atoms with Gasteiger partial charge >= 0.3 is 29.8 Å². The van der Waals surface area contributed by atoms with E-state index in [-0.39, 0.29) is 92.1 Å². The summed E-state index contributed by atoms with van der Waals surface area (Å²) in [6.07, 6.45) is 10.6. The molecule has 83 heavy (non-hydrogen) atoms. The van der Waals surface area contributed by atoms with Gasteiger partial charge in [-0.05, 0) is 142 Å². The number of hydrogen-bond donors (Lipinski definition) is 0. The summed E-state index contributed by atoms with van der Waals surface area (Å²) >= 11 is 1.51. The average Bonchev–Trinajstić information content (AvgIpc) is 4.20. The van der Waals surface area contributed by atoms with Gasteiger partial charge in [-0.2, -0.15) is 5.10 Å². The lowest BCUT2D eigenvalue weighted by molar-refractivity contribution is -0.145. The number of carbonyl (C=O) groups excluding carboxylic acids is 5. The quantitative estimate of drug-likeness (QED) is 0.00589. The lowest BCUT2D eigenvalue weighted by Gasteiger charge is -2.28. The summed E-state index contributed by atoms with van der Waals surface area (Å²) in [4.78, 5) is 65.1. The fourth-order valence-electron chi connectivity index (χ4n) is 8.47. The van der Waals surface area contributed by atoms with E-state index in [0.717, 1.165) is 54.1 Å². The summed E-state index contributed by atoms with van der Waals surface area (Å²) in [7, 11) is 0. The van der Waals surface area contributed by atoms with Gasteiger partial charge in [-0.15, -0.1) is 0 Å². The minimum absolute atomic E-state index is 0. The van der Waals surface area contributed by atoms with E-state index in [9.17, 15) is 24.0 Å². The molecule has 7 rings (SSSR count). The van der Waals surface area contributed by atoms with Gasteiger partial charge < -0.3 is 52.1 Å². The molecule has 450 valence electrons. The molecule has 2 saturated carbocycles. The maximum Gasteiger partial charge on any atom is 0.333 e. The van der Waals surface area contributed by atoms with Gasteiger partial charge in [0.15, 0.2) is 0 Å². The van der Waals surface area contributed by atoms with Crippen LogP contribution in [0.15, 0.2) is 134 Å². The molecule has 0 unspecified atom stereocenters. The van der Waals surface area contributed by atoms with Gasteiger partial charge in [0.2, 0.25) is 18.7 Å². The summed E-state index contributed by atoms with van der Waals surface area (Å²) < 4.78 is 62.3. The van der Waals surface area contributed by atoms with Crippen molar-refractivity contribution in [3.63, 3.8) is 0 Å². The fourth-order valence-corrected chi connectivity index (χ4v) is 9.42. The van der Waals surface area contributed by atoms with Crippen molar-refractivity contribution in [2.45, 2.75) is 81.1 Å². The Morgan fingerprint density at radius 1 is 0.542 bits per heavy atom. The van der Waals surface area contributed by atoms with Crippen LogP contribution in [-0.4, -0.2) is 107 Å². The van der Waals surface area contributed by atoms with Gasteiger partial charge in [0, 0.05) is 23.8 Å². The topological polar surface area (TPSA) is 215 Å². The molecule has 2 aliphatic rings. The first-order valence-electron chi connectivity index (χ1n) is 26.0. The van der Waals surface area contributed by atoms with Gasteiger partial charge in [0.1, 0.15) is 41.1 Å². The normalized spacial score (nSPS) is 16.1. The van der Waals surface area contributed by atoms with Crippen LogP contribution in [0.25, 0.3) is 10.2 Å². The van der Waals surface area contributed by atoms with Crippen LogP contribution in [0.5, 0.6) is 34.5 Å². The lowest BCUT2D eigenvalue weighted by Crippen LogP contribution is -2.28. The fraction of sp³-hybridized carbons (Fsp3) is 0.413. The minimum Gasteiger partial charge on any atom is -0.493 e. The zero-order chi connectivity index (χ0) is 55.6. The molecule has 0 N–H and O–H groups in total. The highest BCUT2D eigenvalue weighted by Crippen LogP contribution is 2.35. The molecule has 1 aromatic heterocycles. The molecule has 0 amide bonds. The monoisotopic (exact) mass is 1170 g/mol.